The molecule has 5 heteroatoms. The molecule has 0 aliphatic heterocycles. The van der Waals surface area contributed by atoms with Crippen molar-refractivity contribution >= 4 is 17.4 Å². The minimum absolute atomic E-state index is 0.234. The molecular weight excluding hydrogens is 336 g/mol. The van der Waals surface area contributed by atoms with E-state index in [4.69, 9.17) is 0 Å². The van der Waals surface area contributed by atoms with Crippen LogP contribution in [0.3, 0.4) is 0 Å². The van der Waals surface area contributed by atoms with Crippen molar-refractivity contribution < 1.29 is 4.79 Å². The van der Waals surface area contributed by atoms with E-state index in [9.17, 15) is 4.79 Å². The lowest BCUT2D eigenvalue weighted by atomic mass is 10.1. The Morgan fingerprint density at radius 3 is 2.52 bits per heavy atom. The molecule has 0 bridgehead atoms. The third-order valence-electron chi connectivity index (χ3n) is 4.77. The van der Waals surface area contributed by atoms with Gasteiger partial charge < -0.3 is 10.6 Å². The number of aromatic nitrogens is 2. The molecule has 2 aromatic carbocycles. The molecule has 0 atom stereocenters. The van der Waals surface area contributed by atoms with Gasteiger partial charge in [0.05, 0.1) is 0 Å². The lowest BCUT2D eigenvalue weighted by Gasteiger charge is -2.12. The molecular formula is C22H22N4O. The Balaban J connectivity index is 1.68. The summed E-state index contributed by atoms with van der Waals surface area (Å²) in [4.78, 5) is 22.0. The first kappa shape index (κ1) is 17.2. The Morgan fingerprint density at radius 2 is 1.78 bits per heavy atom. The van der Waals surface area contributed by atoms with Gasteiger partial charge in [0.15, 0.2) is 5.82 Å². The van der Waals surface area contributed by atoms with Gasteiger partial charge in [-0.15, -0.1) is 0 Å². The first-order chi connectivity index (χ1) is 13.1. The molecule has 3 aromatic rings. The van der Waals surface area contributed by atoms with Gasteiger partial charge in [0.2, 0.25) is 0 Å². The number of benzene rings is 2. The lowest BCUT2D eigenvalue weighted by Crippen LogP contribution is -2.17. The summed E-state index contributed by atoms with van der Waals surface area (Å²) in [6.07, 6.45) is 2.27. The van der Waals surface area contributed by atoms with Gasteiger partial charge in [0.25, 0.3) is 5.91 Å². The predicted octanol–water partition coefficient (Wildman–Crippen LogP) is 4.59. The second-order valence-electron chi connectivity index (χ2n) is 6.95. The predicted molar refractivity (Wildman–Crippen MR) is 108 cm³/mol. The zero-order valence-electron chi connectivity index (χ0n) is 15.5. The van der Waals surface area contributed by atoms with Gasteiger partial charge in [-0.25, -0.2) is 9.97 Å². The summed E-state index contributed by atoms with van der Waals surface area (Å²) in [5.41, 5.74) is 4.23. The van der Waals surface area contributed by atoms with Gasteiger partial charge in [-0.2, -0.15) is 0 Å². The number of amides is 1. The third-order valence-corrected chi connectivity index (χ3v) is 4.77. The maximum Gasteiger partial charge on any atom is 0.274 e. The lowest BCUT2D eigenvalue weighted by molar-refractivity contribution is 0.102. The van der Waals surface area contributed by atoms with Crippen LogP contribution < -0.4 is 10.6 Å². The molecule has 0 unspecified atom stereocenters. The number of nitrogens with one attached hydrogen (secondary N) is 2. The summed E-state index contributed by atoms with van der Waals surface area (Å²) in [7, 11) is 0. The summed E-state index contributed by atoms with van der Waals surface area (Å²) in [5, 5.41) is 6.36. The van der Waals surface area contributed by atoms with Gasteiger partial charge in [0, 0.05) is 23.4 Å². The second-order valence-corrected chi connectivity index (χ2v) is 6.95. The molecule has 27 heavy (non-hydrogen) atoms. The zero-order chi connectivity index (χ0) is 18.8. The van der Waals surface area contributed by atoms with E-state index in [1.807, 2.05) is 62.4 Å². The van der Waals surface area contributed by atoms with Gasteiger partial charge in [-0.1, -0.05) is 42.5 Å². The van der Waals surface area contributed by atoms with Crippen LogP contribution in [0.1, 0.15) is 34.5 Å². The van der Waals surface area contributed by atoms with Crippen LogP contribution >= 0.6 is 0 Å². The molecule has 1 aliphatic rings. The van der Waals surface area contributed by atoms with Crippen LogP contribution in [-0.4, -0.2) is 21.9 Å². The first-order valence-electron chi connectivity index (χ1n) is 9.19. The van der Waals surface area contributed by atoms with Gasteiger partial charge in [-0.3, -0.25) is 4.79 Å². The largest absolute Gasteiger partial charge is 0.367 e. The van der Waals surface area contributed by atoms with Crippen molar-refractivity contribution in [2.75, 3.05) is 10.6 Å². The molecule has 4 rings (SSSR count). The van der Waals surface area contributed by atoms with E-state index in [0.29, 0.717) is 23.4 Å². The maximum absolute atomic E-state index is 12.9. The van der Waals surface area contributed by atoms with Crippen molar-refractivity contribution in [3.8, 4) is 11.4 Å². The fourth-order valence-electron chi connectivity index (χ4n) is 2.86. The van der Waals surface area contributed by atoms with Crippen molar-refractivity contribution in [1.29, 1.82) is 0 Å². The Kier molecular flexibility index (Phi) is 4.59. The minimum Gasteiger partial charge on any atom is -0.367 e. The molecule has 2 N–H and O–H groups in total. The number of nitrogens with zero attached hydrogens (tertiary/aromatic N) is 2. The molecule has 0 saturated heterocycles. The molecule has 1 saturated carbocycles. The summed E-state index contributed by atoms with van der Waals surface area (Å²) < 4.78 is 0. The van der Waals surface area contributed by atoms with E-state index >= 15 is 0 Å². The highest BCUT2D eigenvalue weighted by Gasteiger charge is 2.23. The molecule has 136 valence electrons. The quantitative estimate of drug-likeness (QED) is 0.700. The van der Waals surface area contributed by atoms with Crippen molar-refractivity contribution in [1.82, 2.24) is 9.97 Å². The van der Waals surface area contributed by atoms with Crippen molar-refractivity contribution in [2.45, 2.75) is 32.7 Å². The Bertz CT molecular complexity index is 981. The van der Waals surface area contributed by atoms with E-state index in [2.05, 4.69) is 20.6 Å². The highest BCUT2D eigenvalue weighted by Crippen LogP contribution is 2.26. The fourth-order valence-corrected chi connectivity index (χ4v) is 2.86. The van der Waals surface area contributed by atoms with Crippen LogP contribution in [0.15, 0.2) is 54.6 Å². The molecule has 1 aliphatic carbocycles. The van der Waals surface area contributed by atoms with Crippen LogP contribution in [0.5, 0.6) is 0 Å². The smallest absolute Gasteiger partial charge is 0.274 e. The fraction of sp³-hybridized carbons (Fsp3) is 0.227. The number of carbonyl (C=O) groups is 1. The number of aryl methyl sites for hydroxylation is 1. The van der Waals surface area contributed by atoms with E-state index in [-0.39, 0.29) is 5.91 Å². The monoisotopic (exact) mass is 358 g/mol. The Hall–Kier alpha value is -3.21. The van der Waals surface area contributed by atoms with Crippen LogP contribution in [0, 0.1) is 13.8 Å². The second kappa shape index (κ2) is 7.19. The van der Waals surface area contributed by atoms with Gasteiger partial charge in [-0.05, 0) is 43.9 Å². The maximum atomic E-state index is 12.9. The molecule has 1 fully saturated rings. The first-order valence-corrected chi connectivity index (χ1v) is 9.19. The summed E-state index contributed by atoms with van der Waals surface area (Å²) >= 11 is 0. The molecule has 1 amide bonds. The van der Waals surface area contributed by atoms with Crippen LogP contribution in [0.25, 0.3) is 11.4 Å². The summed E-state index contributed by atoms with van der Waals surface area (Å²) in [6.45, 7) is 4.03. The number of carbonyl (C=O) groups excluding carboxylic acids is 1. The van der Waals surface area contributed by atoms with Crippen LogP contribution in [0.2, 0.25) is 0 Å². The normalized spacial score (nSPS) is 13.3. The average Bonchev–Trinajstić information content (AvgIpc) is 3.50. The number of anilines is 2. The summed E-state index contributed by atoms with van der Waals surface area (Å²) in [5.74, 6) is 1.01. The van der Waals surface area contributed by atoms with Crippen molar-refractivity contribution in [3.63, 3.8) is 0 Å². The van der Waals surface area contributed by atoms with E-state index in [1.165, 1.54) is 0 Å². The molecule has 1 aromatic heterocycles. The number of rotatable bonds is 5. The number of hydrogen-bond donors (Lipinski definition) is 2. The molecule has 0 radical (unpaired) electrons. The number of hydrogen-bond acceptors (Lipinski definition) is 4. The topological polar surface area (TPSA) is 66.9 Å². The van der Waals surface area contributed by atoms with Gasteiger partial charge in [0.1, 0.15) is 11.5 Å². The Labute approximate surface area is 158 Å². The third kappa shape index (κ3) is 3.97. The zero-order valence-corrected chi connectivity index (χ0v) is 15.5. The molecule has 0 spiro atoms. The van der Waals surface area contributed by atoms with Gasteiger partial charge >= 0.3 is 0 Å². The van der Waals surface area contributed by atoms with Crippen molar-refractivity contribution in [2.24, 2.45) is 0 Å². The Morgan fingerprint density at radius 1 is 1.00 bits per heavy atom. The molecule has 1 heterocycles. The van der Waals surface area contributed by atoms with E-state index < -0.39 is 0 Å². The summed E-state index contributed by atoms with van der Waals surface area (Å²) in [6, 6.07) is 17.8. The minimum atomic E-state index is -0.234. The van der Waals surface area contributed by atoms with Crippen molar-refractivity contribution in [3.05, 3.63) is 71.4 Å². The van der Waals surface area contributed by atoms with Crippen LogP contribution in [-0.2, 0) is 0 Å². The van der Waals surface area contributed by atoms with Crippen LogP contribution in [0.4, 0.5) is 11.5 Å². The highest BCUT2D eigenvalue weighted by molar-refractivity contribution is 6.04. The standard InChI is InChI=1S/C22H22N4O/c1-14-7-6-10-18(15(14)2)25-22(27)19-13-20(23-17-11-12-17)26-21(24-19)16-8-4-3-5-9-16/h3-10,13,17H,11-12H2,1-2H3,(H,25,27)(H,23,24,26). The average molecular weight is 358 g/mol. The SMILES string of the molecule is Cc1cccc(NC(=O)c2cc(NC3CC3)nc(-c3ccccc3)n2)c1C. The highest BCUT2D eigenvalue weighted by atomic mass is 16.1. The van der Waals surface area contributed by atoms with E-state index in [0.717, 1.165) is 35.2 Å². The van der Waals surface area contributed by atoms with E-state index in [1.54, 1.807) is 6.07 Å². The molecule has 5 nitrogen and oxygen atoms in total.